The van der Waals surface area contributed by atoms with Gasteiger partial charge in [0.25, 0.3) is 6.43 Å². The Morgan fingerprint density at radius 2 is 1.94 bits per heavy atom. The van der Waals surface area contributed by atoms with Crippen LogP contribution in [-0.2, 0) is 0 Å². The molecule has 0 aromatic heterocycles. The third-order valence-electron chi connectivity index (χ3n) is 3.04. The third-order valence-corrected chi connectivity index (χ3v) is 3.04. The van der Waals surface area contributed by atoms with Crippen molar-refractivity contribution in [2.24, 2.45) is 0 Å². The molecule has 2 nitrogen and oxygen atoms in total. The molecule has 0 aliphatic carbocycles. The first-order chi connectivity index (χ1) is 7.70. The molecule has 1 aliphatic heterocycles. The van der Waals surface area contributed by atoms with Crippen LogP contribution in [0.25, 0.3) is 0 Å². The van der Waals surface area contributed by atoms with E-state index in [0.29, 0.717) is 5.56 Å². The van der Waals surface area contributed by atoms with Crippen LogP contribution in [0.3, 0.4) is 0 Å². The van der Waals surface area contributed by atoms with Gasteiger partial charge in [-0.15, -0.1) is 0 Å². The first kappa shape index (κ1) is 11.3. The van der Waals surface area contributed by atoms with Crippen molar-refractivity contribution in [1.29, 1.82) is 0 Å². The number of halogens is 2. The van der Waals surface area contributed by atoms with Gasteiger partial charge in [0, 0.05) is 37.4 Å². The summed E-state index contributed by atoms with van der Waals surface area (Å²) in [5.41, 5.74) is 1.80. The van der Waals surface area contributed by atoms with Gasteiger partial charge >= 0.3 is 0 Å². The van der Waals surface area contributed by atoms with Crippen LogP contribution in [0.4, 0.5) is 14.5 Å². The van der Waals surface area contributed by atoms with Crippen LogP contribution in [0.5, 0.6) is 0 Å². The maximum absolute atomic E-state index is 12.7. The van der Waals surface area contributed by atoms with Gasteiger partial charge in [-0.1, -0.05) is 12.1 Å². The fourth-order valence-electron chi connectivity index (χ4n) is 2.13. The van der Waals surface area contributed by atoms with E-state index in [0.717, 1.165) is 31.9 Å². The summed E-state index contributed by atoms with van der Waals surface area (Å²) in [6.07, 6.45) is -2.39. The van der Waals surface area contributed by atoms with Crippen molar-refractivity contribution < 1.29 is 8.78 Å². The summed E-state index contributed by atoms with van der Waals surface area (Å²) in [6.45, 7) is 5.37. The average Bonchev–Trinajstić information content (AvgIpc) is 2.30. The van der Waals surface area contributed by atoms with Crippen LogP contribution < -0.4 is 10.2 Å². The number of nitrogens with one attached hydrogen (secondary N) is 1. The standard InChI is InChI=1S/C12H16F2N2/c1-9-10(12(13)14)3-2-4-11(9)16-7-5-15-6-8-16/h2-4,12,15H,5-8H2,1H3. The van der Waals surface area contributed by atoms with Crippen molar-refractivity contribution >= 4 is 5.69 Å². The second-order valence-corrected chi connectivity index (χ2v) is 4.03. The van der Waals surface area contributed by atoms with Crippen LogP contribution in [0.1, 0.15) is 17.6 Å². The molecule has 2 rings (SSSR count). The van der Waals surface area contributed by atoms with E-state index < -0.39 is 6.43 Å². The molecule has 0 saturated carbocycles. The number of hydrogen-bond acceptors (Lipinski definition) is 2. The van der Waals surface area contributed by atoms with Crippen molar-refractivity contribution in [3.63, 3.8) is 0 Å². The van der Waals surface area contributed by atoms with Gasteiger partial charge in [0.2, 0.25) is 0 Å². The number of hydrogen-bond donors (Lipinski definition) is 1. The summed E-state index contributed by atoms with van der Waals surface area (Å²) in [4.78, 5) is 2.16. The summed E-state index contributed by atoms with van der Waals surface area (Å²) in [5.74, 6) is 0. The highest BCUT2D eigenvalue weighted by Crippen LogP contribution is 2.29. The van der Waals surface area contributed by atoms with Gasteiger partial charge in [-0.25, -0.2) is 8.78 Å². The molecule has 0 bridgehead atoms. The van der Waals surface area contributed by atoms with E-state index in [1.165, 1.54) is 6.07 Å². The van der Waals surface area contributed by atoms with Crippen molar-refractivity contribution in [1.82, 2.24) is 5.32 Å². The number of benzene rings is 1. The molecule has 4 heteroatoms. The molecule has 0 radical (unpaired) electrons. The molecule has 1 heterocycles. The Labute approximate surface area is 94.3 Å². The minimum absolute atomic E-state index is 0.149. The van der Waals surface area contributed by atoms with Crippen molar-refractivity contribution in [3.05, 3.63) is 29.3 Å². The van der Waals surface area contributed by atoms with Gasteiger partial charge in [0.1, 0.15) is 0 Å². The van der Waals surface area contributed by atoms with E-state index in [9.17, 15) is 8.78 Å². The second-order valence-electron chi connectivity index (χ2n) is 4.03. The third kappa shape index (κ3) is 2.16. The van der Waals surface area contributed by atoms with E-state index >= 15 is 0 Å². The normalized spacial score (nSPS) is 16.9. The van der Waals surface area contributed by atoms with E-state index in [4.69, 9.17) is 0 Å². The van der Waals surface area contributed by atoms with Gasteiger partial charge < -0.3 is 10.2 Å². The molecule has 1 aromatic carbocycles. The quantitative estimate of drug-likeness (QED) is 0.832. The van der Waals surface area contributed by atoms with Crippen molar-refractivity contribution in [2.75, 3.05) is 31.1 Å². The van der Waals surface area contributed by atoms with E-state index in [2.05, 4.69) is 10.2 Å². The Hall–Kier alpha value is -1.16. The van der Waals surface area contributed by atoms with Crippen molar-refractivity contribution in [3.8, 4) is 0 Å². The molecular weight excluding hydrogens is 210 g/mol. The summed E-state index contributed by atoms with van der Waals surface area (Å²) >= 11 is 0. The predicted molar refractivity (Wildman–Crippen MR) is 61.2 cm³/mol. The van der Waals surface area contributed by atoms with Crippen LogP contribution in [0.2, 0.25) is 0 Å². The topological polar surface area (TPSA) is 15.3 Å². The Bertz CT molecular complexity index is 360. The number of nitrogens with zero attached hydrogens (tertiary/aromatic N) is 1. The minimum Gasteiger partial charge on any atom is -0.369 e. The Balaban J connectivity index is 2.29. The lowest BCUT2D eigenvalue weighted by Crippen LogP contribution is -2.43. The monoisotopic (exact) mass is 226 g/mol. The smallest absolute Gasteiger partial charge is 0.264 e. The fourth-order valence-corrected chi connectivity index (χ4v) is 2.13. The summed E-state index contributed by atoms with van der Waals surface area (Å²) in [5, 5.41) is 3.25. The lowest BCUT2D eigenvalue weighted by Gasteiger charge is -2.31. The first-order valence-electron chi connectivity index (χ1n) is 5.53. The summed E-state index contributed by atoms with van der Waals surface area (Å²) in [6, 6.07) is 5.14. The highest BCUT2D eigenvalue weighted by Gasteiger charge is 2.17. The minimum atomic E-state index is -2.39. The summed E-state index contributed by atoms with van der Waals surface area (Å²) in [7, 11) is 0. The molecule has 1 saturated heterocycles. The summed E-state index contributed by atoms with van der Waals surface area (Å²) < 4.78 is 25.5. The Morgan fingerprint density at radius 1 is 1.25 bits per heavy atom. The largest absolute Gasteiger partial charge is 0.369 e. The molecule has 16 heavy (non-hydrogen) atoms. The lowest BCUT2D eigenvalue weighted by molar-refractivity contribution is 0.150. The van der Waals surface area contributed by atoms with E-state index in [1.54, 1.807) is 13.0 Å². The molecule has 1 N–H and O–H groups in total. The number of alkyl halides is 2. The zero-order valence-electron chi connectivity index (χ0n) is 9.34. The Morgan fingerprint density at radius 3 is 2.56 bits per heavy atom. The number of piperazine rings is 1. The van der Waals surface area contributed by atoms with Crippen molar-refractivity contribution in [2.45, 2.75) is 13.3 Å². The van der Waals surface area contributed by atoms with Crippen LogP contribution in [-0.4, -0.2) is 26.2 Å². The number of rotatable bonds is 2. The number of anilines is 1. The maximum Gasteiger partial charge on any atom is 0.264 e. The van der Waals surface area contributed by atoms with E-state index in [-0.39, 0.29) is 5.56 Å². The maximum atomic E-state index is 12.7. The molecule has 0 amide bonds. The van der Waals surface area contributed by atoms with E-state index in [1.807, 2.05) is 6.07 Å². The molecule has 0 atom stereocenters. The zero-order valence-corrected chi connectivity index (χ0v) is 9.34. The lowest BCUT2D eigenvalue weighted by atomic mass is 10.1. The SMILES string of the molecule is Cc1c(C(F)F)cccc1N1CCNCC1. The average molecular weight is 226 g/mol. The second kappa shape index (κ2) is 4.78. The molecule has 1 aliphatic rings. The predicted octanol–water partition coefficient (Wildman–Crippen LogP) is 2.34. The molecule has 1 aromatic rings. The van der Waals surface area contributed by atoms with Gasteiger partial charge in [-0.05, 0) is 18.6 Å². The molecule has 0 unspecified atom stereocenters. The van der Waals surface area contributed by atoms with Gasteiger partial charge in [0.05, 0.1) is 0 Å². The Kier molecular flexibility index (Phi) is 3.39. The van der Waals surface area contributed by atoms with Crippen LogP contribution >= 0.6 is 0 Å². The van der Waals surface area contributed by atoms with Crippen LogP contribution in [0, 0.1) is 6.92 Å². The van der Waals surface area contributed by atoms with Gasteiger partial charge in [-0.2, -0.15) is 0 Å². The van der Waals surface area contributed by atoms with Crippen LogP contribution in [0.15, 0.2) is 18.2 Å². The van der Waals surface area contributed by atoms with Gasteiger partial charge in [-0.3, -0.25) is 0 Å². The molecule has 0 spiro atoms. The molecule has 1 fully saturated rings. The highest BCUT2D eigenvalue weighted by atomic mass is 19.3. The fraction of sp³-hybridized carbons (Fsp3) is 0.500. The zero-order chi connectivity index (χ0) is 11.5. The molecular formula is C12H16F2N2. The highest BCUT2D eigenvalue weighted by molar-refractivity contribution is 5.56. The van der Waals surface area contributed by atoms with Gasteiger partial charge in [0.15, 0.2) is 0 Å². The molecule has 88 valence electrons. The first-order valence-corrected chi connectivity index (χ1v) is 5.53.